The van der Waals surface area contributed by atoms with Crippen LogP contribution in [-0.4, -0.2) is 11.0 Å². The van der Waals surface area contributed by atoms with E-state index in [1.807, 2.05) is 0 Å². The summed E-state index contributed by atoms with van der Waals surface area (Å²) in [6.07, 6.45) is 6.29. The lowest BCUT2D eigenvalue weighted by molar-refractivity contribution is 0.306. The molecule has 2 aromatic rings. The number of rotatable bonds is 2. The summed E-state index contributed by atoms with van der Waals surface area (Å²) in [5.74, 6) is 0.664. The quantitative estimate of drug-likeness (QED) is 0.831. The van der Waals surface area contributed by atoms with Crippen LogP contribution in [0.2, 0.25) is 0 Å². The summed E-state index contributed by atoms with van der Waals surface area (Å²) in [6, 6.07) is 9.00. The molecule has 3 rings (SSSR count). The average Bonchev–Trinajstić information content (AvgIpc) is 2.69. The molecule has 0 saturated heterocycles. The molecule has 3 N–H and O–H groups in total. The van der Waals surface area contributed by atoms with Crippen molar-refractivity contribution in [2.45, 2.75) is 45.1 Å². The molecule has 1 fully saturated rings. The molecule has 1 aromatic heterocycles. The van der Waals surface area contributed by atoms with Gasteiger partial charge in [-0.05, 0) is 43.7 Å². The number of para-hydroxylation sites is 1. The van der Waals surface area contributed by atoms with Gasteiger partial charge in [0.05, 0.1) is 0 Å². The van der Waals surface area contributed by atoms with Crippen LogP contribution in [0.5, 0.6) is 0 Å². The Kier molecular flexibility index (Phi) is 3.13. The summed E-state index contributed by atoms with van der Waals surface area (Å²) in [4.78, 5) is 3.49. The van der Waals surface area contributed by atoms with E-state index < -0.39 is 0 Å². The van der Waals surface area contributed by atoms with E-state index in [1.165, 1.54) is 47.8 Å². The highest BCUT2D eigenvalue weighted by Crippen LogP contribution is 2.30. The molecule has 1 heterocycles. The van der Waals surface area contributed by atoms with Crippen molar-refractivity contribution < 1.29 is 0 Å². The predicted octanol–water partition coefficient (Wildman–Crippen LogP) is 3.54. The molecule has 1 aliphatic rings. The van der Waals surface area contributed by atoms with Crippen molar-refractivity contribution >= 4 is 10.9 Å². The second kappa shape index (κ2) is 4.77. The zero-order valence-electron chi connectivity index (χ0n) is 11.1. The van der Waals surface area contributed by atoms with Gasteiger partial charge in [-0.1, -0.05) is 31.0 Å². The van der Waals surface area contributed by atoms with Gasteiger partial charge in [0, 0.05) is 22.6 Å². The minimum absolute atomic E-state index is 0.395. The summed E-state index contributed by atoms with van der Waals surface area (Å²) in [6.45, 7) is 2.18. The summed E-state index contributed by atoms with van der Waals surface area (Å²) in [5.41, 5.74) is 10.3. The highest BCUT2D eigenvalue weighted by Gasteiger charge is 2.23. The lowest BCUT2D eigenvalue weighted by Gasteiger charge is -2.28. The average molecular weight is 242 g/mol. The smallest absolute Gasteiger partial charge is 0.0458 e. The first-order valence-corrected chi connectivity index (χ1v) is 7.07. The Labute approximate surface area is 109 Å². The number of hydrogen-bond donors (Lipinski definition) is 2. The Bertz CT molecular complexity index is 541. The van der Waals surface area contributed by atoms with Crippen LogP contribution in [0.4, 0.5) is 0 Å². The molecular weight excluding hydrogens is 220 g/mol. The van der Waals surface area contributed by atoms with E-state index in [9.17, 15) is 0 Å². The zero-order valence-corrected chi connectivity index (χ0v) is 11.1. The molecule has 2 nitrogen and oxygen atoms in total. The predicted molar refractivity (Wildman–Crippen MR) is 76.7 cm³/mol. The molecule has 0 radical (unpaired) electrons. The molecule has 1 aliphatic carbocycles. The second-order valence-corrected chi connectivity index (χ2v) is 5.69. The third-order valence-electron chi connectivity index (χ3n) is 4.46. The van der Waals surface area contributed by atoms with Crippen LogP contribution in [-0.2, 0) is 6.42 Å². The van der Waals surface area contributed by atoms with E-state index in [-0.39, 0.29) is 0 Å². The Hall–Kier alpha value is -1.28. The maximum atomic E-state index is 6.28. The van der Waals surface area contributed by atoms with E-state index in [1.54, 1.807) is 0 Å². The van der Waals surface area contributed by atoms with Crippen molar-refractivity contribution in [3.63, 3.8) is 0 Å². The molecule has 2 heteroatoms. The van der Waals surface area contributed by atoms with Gasteiger partial charge in [0.2, 0.25) is 0 Å². The molecule has 0 spiro atoms. The number of benzene rings is 1. The van der Waals surface area contributed by atoms with Crippen LogP contribution in [0.25, 0.3) is 10.9 Å². The summed E-state index contributed by atoms with van der Waals surface area (Å²) >= 11 is 0. The van der Waals surface area contributed by atoms with Crippen molar-refractivity contribution in [2.75, 3.05) is 0 Å². The maximum Gasteiger partial charge on any atom is 0.0458 e. The minimum atomic E-state index is 0.395. The van der Waals surface area contributed by atoms with Crippen LogP contribution < -0.4 is 5.73 Å². The fourth-order valence-corrected chi connectivity index (χ4v) is 3.35. The Morgan fingerprint density at radius 3 is 2.83 bits per heavy atom. The van der Waals surface area contributed by atoms with E-state index in [0.29, 0.717) is 12.0 Å². The van der Waals surface area contributed by atoms with Crippen molar-refractivity contribution in [3.8, 4) is 0 Å². The van der Waals surface area contributed by atoms with E-state index >= 15 is 0 Å². The van der Waals surface area contributed by atoms with Crippen LogP contribution in [0.1, 0.15) is 36.9 Å². The Morgan fingerprint density at radius 2 is 2.00 bits per heavy atom. The standard InChI is InChI=1S/C16H22N2/c1-11-14(10-12-6-2-4-8-15(12)17)13-7-3-5-9-16(13)18-11/h3,5,7,9,12,15,18H,2,4,6,8,10,17H2,1H3. The second-order valence-electron chi connectivity index (χ2n) is 5.69. The van der Waals surface area contributed by atoms with Crippen LogP contribution >= 0.6 is 0 Å². The van der Waals surface area contributed by atoms with Gasteiger partial charge < -0.3 is 10.7 Å². The number of hydrogen-bond acceptors (Lipinski definition) is 1. The van der Waals surface area contributed by atoms with Gasteiger partial charge in [-0.3, -0.25) is 0 Å². The maximum absolute atomic E-state index is 6.28. The molecule has 1 aromatic carbocycles. The molecule has 0 aliphatic heterocycles. The number of nitrogens with one attached hydrogen (secondary N) is 1. The normalized spacial score (nSPS) is 24.6. The summed E-state index contributed by atoms with van der Waals surface area (Å²) < 4.78 is 0. The number of nitrogens with two attached hydrogens (primary N) is 1. The fraction of sp³-hybridized carbons (Fsp3) is 0.500. The number of aromatic nitrogens is 1. The third kappa shape index (κ3) is 2.05. The molecular formula is C16H22N2. The topological polar surface area (TPSA) is 41.8 Å². The number of aryl methyl sites for hydroxylation is 1. The first-order chi connectivity index (χ1) is 8.75. The summed E-state index contributed by atoms with van der Waals surface area (Å²) in [5, 5.41) is 1.38. The first-order valence-electron chi connectivity index (χ1n) is 7.07. The van der Waals surface area contributed by atoms with Crippen LogP contribution in [0.15, 0.2) is 24.3 Å². The van der Waals surface area contributed by atoms with Crippen molar-refractivity contribution in [1.29, 1.82) is 0 Å². The largest absolute Gasteiger partial charge is 0.358 e. The lowest BCUT2D eigenvalue weighted by Crippen LogP contribution is -2.34. The molecule has 0 amide bonds. The lowest BCUT2D eigenvalue weighted by atomic mass is 9.81. The van der Waals surface area contributed by atoms with Gasteiger partial charge >= 0.3 is 0 Å². The SMILES string of the molecule is Cc1[nH]c2ccccc2c1CC1CCCCC1N. The monoisotopic (exact) mass is 242 g/mol. The van der Waals surface area contributed by atoms with Crippen molar-refractivity contribution in [3.05, 3.63) is 35.5 Å². The number of fused-ring (bicyclic) bond motifs is 1. The summed E-state index contributed by atoms with van der Waals surface area (Å²) in [7, 11) is 0. The minimum Gasteiger partial charge on any atom is -0.358 e. The highest BCUT2D eigenvalue weighted by atomic mass is 14.7. The molecule has 18 heavy (non-hydrogen) atoms. The van der Waals surface area contributed by atoms with Gasteiger partial charge in [0.15, 0.2) is 0 Å². The van der Waals surface area contributed by atoms with Crippen molar-refractivity contribution in [1.82, 2.24) is 4.98 Å². The molecule has 2 atom stereocenters. The van der Waals surface area contributed by atoms with Gasteiger partial charge in [0.25, 0.3) is 0 Å². The van der Waals surface area contributed by atoms with Gasteiger partial charge in [-0.25, -0.2) is 0 Å². The van der Waals surface area contributed by atoms with E-state index in [0.717, 1.165) is 6.42 Å². The van der Waals surface area contributed by atoms with Gasteiger partial charge in [0.1, 0.15) is 0 Å². The Balaban J connectivity index is 1.92. The highest BCUT2D eigenvalue weighted by molar-refractivity contribution is 5.84. The molecule has 1 saturated carbocycles. The zero-order chi connectivity index (χ0) is 12.5. The molecule has 96 valence electrons. The molecule has 0 bridgehead atoms. The first kappa shape index (κ1) is 11.8. The number of aromatic amines is 1. The van der Waals surface area contributed by atoms with Crippen LogP contribution in [0.3, 0.4) is 0 Å². The van der Waals surface area contributed by atoms with Crippen LogP contribution in [0, 0.1) is 12.8 Å². The van der Waals surface area contributed by atoms with E-state index in [4.69, 9.17) is 5.73 Å². The Morgan fingerprint density at radius 1 is 1.22 bits per heavy atom. The molecule has 2 unspecified atom stereocenters. The van der Waals surface area contributed by atoms with Crippen molar-refractivity contribution in [2.24, 2.45) is 11.7 Å². The van der Waals surface area contributed by atoms with Gasteiger partial charge in [-0.15, -0.1) is 0 Å². The van der Waals surface area contributed by atoms with E-state index in [2.05, 4.69) is 36.2 Å². The number of H-pyrrole nitrogens is 1. The van der Waals surface area contributed by atoms with Gasteiger partial charge in [-0.2, -0.15) is 0 Å². The fourth-order valence-electron chi connectivity index (χ4n) is 3.35. The third-order valence-corrected chi connectivity index (χ3v) is 4.46.